The van der Waals surface area contributed by atoms with E-state index in [-0.39, 0.29) is 41.7 Å². The van der Waals surface area contributed by atoms with Crippen molar-refractivity contribution in [2.45, 2.75) is 31.1 Å². The van der Waals surface area contributed by atoms with Crippen LogP contribution in [0, 0.1) is 6.92 Å². The summed E-state index contributed by atoms with van der Waals surface area (Å²) in [7, 11) is -4.60. The van der Waals surface area contributed by atoms with Gasteiger partial charge in [0.15, 0.2) is 5.75 Å². The number of rotatable bonds is 3. The maximum absolute atomic E-state index is 12.9. The molecule has 2 aromatic rings. The Morgan fingerprint density at radius 2 is 2.04 bits per heavy atom. The molecule has 2 heterocycles. The van der Waals surface area contributed by atoms with Crippen LogP contribution < -0.4 is 9.74 Å². The first-order valence-corrected chi connectivity index (χ1v) is 9.34. The Labute approximate surface area is 156 Å². The summed E-state index contributed by atoms with van der Waals surface area (Å²) in [6, 6.07) is 3.67. The van der Waals surface area contributed by atoms with Crippen LogP contribution in [0.25, 0.3) is 10.9 Å². The van der Waals surface area contributed by atoms with Gasteiger partial charge in [0.05, 0.1) is 5.52 Å². The molecule has 0 spiro atoms. The van der Waals surface area contributed by atoms with Gasteiger partial charge in [-0.3, -0.25) is 4.79 Å². The number of benzene rings is 1. The lowest BCUT2D eigenvalue weighted by Gasteiger charge is -2.24. The lowest BCUT2D eigenvalue weighted by molar-refractivity contribution is -0.0499. The van der Waals surface area contributed by atoms with Gasteiger partial charge in [0.1, 0.15) is 0 Å². The Bertz CT molecular complexity index is 1130. The van der Waals surface area contributed by atoms with E-state index in [1.807, 2.05) is 0 Å². The molecule has 0 aliphatic carbocycles. The van der Waals surface area contributed by atoms with Crippen LogP contribution in [0.2, 0.25) is 0 Å². The average molecular weight is 407 g/mol. The highest BCUT2D eigenvalue weighted by atomic mass is 32.2. The molecule has 148 valence electrons. The molecule has 0 saturated carbocycles. The van der Waals surface area contributed by atoms with Gasteiger partial charge in [-0.15, -0.1) is 0 Å². The number of halogens is 3. The van der Waals surface area contributed by atoms with Crippen LogP contribution in [0.1, 0.15) is 32.6 Å². The number of aromatic nitrogens is 1. The Balaban J connectivity index is 2.32. The van der Waals surface area contributed by atoms with Crippen molar-refractivity contribution in [1.82, 2.24) is 4.57 Å². The number of hydrogen-bond donors (Lipinski definition) is 0. The van der Waals surface area contributed by atoms with Crippen molar-refractivity contribution in [2.24, 2.45) is 7.05 Å². The van der Waals surface area contributed by atoms with E-state index in [1.165, 1.54) is 26.1 Å². The monoisotopic (exact) mass is 407 g/mol. The first-order chi connectivity index (χ1) is 13.3. The summed E-state index contributed by atoms with van der Waals surface area (Å²) in [6.07, 6.45) is -0.999. The van der Waals surface area contributed by atoms with Crippen molar-refractivity contribution >= 4 is 21.0 Å². The Hall–Kier alpha value is -2.07. The van der Waals surface area contributed by atoms with E-state index in [2.05, 4.69) is 4.18 Å². The Kier molecular flexibility index (Phi) is 4.31. The molecule has 0 bridgehead atoms. The lowest BCUT2D eigenvalue weighted by atomic mass is 9.90. The highest BCUT2D eigenvalue weighted by Gasteiger charge is 2.48. The van der Waals surface area contributed by atoms with Crippen molar-refractivity contribution in [3.8, 4) is 5.75 Å². The number of nitrogens with zero attached hydrogens (tertiary/aromatic N) is 1. The third-order valence-electron chi connectivity index (χ3n) is 4.30. The molecule has 2 atom stereocenters. The first kappa shape index (κ1) is 17.1. The number of hydrogen-bond acceptors (Lipinski definition) is 5. The topological polar surface area (TPSA) is 74.6 Å². The van der Waals surface area contributed by atoms with E-state index in [0.29, 0.717) is 0 Å². The molecule has 0 radical (unpaired) electrons. The summed E-state index contributed by atoms with van der Waals surface area (Å²) in [6.45, 7) is 1.52. The summed E-state index contributed by atoms with van der Waals surface area (Å²) in [4.78, 5) is 12.3. The fourth-order valence-corrected chi connectivity index (χ4v) is 3.36. The SMILES string of the molecule is [2H]C1COCCC1([2H])c1cc(OS(=O)(=O)C(F)(F)F)c2cc(C)c(=O)n(C)c2c1. The fraction of sp³-hybridized carbons (Fsp3) is 0.471. The van der Waals surface area contributed by atoms with E-state index in [0.717, 1.165) is 10.6 Å². The molecule has 1 aromatic carbocycles. The van der Waals surface area contributed by atoms with Gasteiger partial charge in [0.25, 0.3) is 5.56 Å². The summed E-state index contributed by atoms with van der Waals surface area (Å²) in [5.41, 5.74) is -5.75. The molecule has 1 aromatic heterocycles. The van der Waals surface area contributed by atoms with E-state index in [4.69, 9.17) is 7.48 Å². The van der Waals surface area contributed by atoms with Crippen molar-refractivity contribution < 1.29 is 33.3 Å². The minimum atomic E-state index is -5.98. The maximum Gasteiger partial charge on any atom is 0.534 e. The van der Waals surface area contributed by atoms with Crippen molar-refractivity contribution in [2.75, 3.05) is 13.2 Å². The zero-order chi connectivity index (χ0) is 21.8. The minimum Gasteiger partial charge on any atom is -0.381 e. The molecule has 27 heavy (non-hydrogen) atoms. The number of aryl methyl sites for hydroxylation is 2. The number of pyridine rings is 1. The summed E-state index contributed by atoms with van der Waals surface area (Å²) >= 11 is 0. The second-order valence-corrected chi connectivity index (χ2v) is 7.67. The molecule has 1 saturated heterocycles. The smallest absolute Gasteiger partial charge is 0.381 e. The zero-order valence-corrected chi connectivity index (χ0v) is 15.3. The Morgan fingerprint density at radius 3 is 2.67 bits per heavy atom. The fourth-order valence-electron chi connectivity index (χ4n) is 2.90. The zero-order valence-electron chi connectivity index (χ0n) is 16.5. The first-order valence-electron chi connectivity index (χ1n) is 9.01. The normalized spacial score (nSPS) is 25.1. The van der Waals surface area contributed by atoms with Crippen LogP contribution in [-0.4, -0.2) is 31.7 Å². The average Bonchev–Trinajstić information content (AvgIpc) is 2.61. The molecule has 1 aliphatic rings. The number of alkyl halides is 3. The summed E-state index contributed by atoms with van der Waals surface area (Å²) in [5, 5.41) is -0.0293. The molecule has 2 unspecified atom stereocenters. The van der Waals surface area contributed by atoms with E-state index in [1.54, 1.807) is 0 Å². The molecule has 1 aliphatic heterocycles. The summed E-state index contributed by atoms with van der Waals surface area (Å²) < 4.78 is 89.4. The lowest BCUT2D eigenvalue weighted by Crippen LogP contribution is -2.28. The van der Waals surface area contributed by atoms with Gasteiger partial charge >= 0.3 is 15.6 Å². The van der Waals surface area contributed by atoms with Crippen molar-refractivity contribution in [3.63, 3.8) is 0 Å². The van der Waals surface area contributed by atoms with Crippen molar-refractivity contribution in [3.05, 3.63) is 39.7 Å². The predicted octanol–water partition coefficient (Wildman–Crippen LogP) is 2.97. The standard InChI is InChI=1S/C17H18F3NO5S/c1-10-7-13-14(21(2)16(10)22)8-12(11-3-5-25-6-4-11)9-15(13)26-27(23,24)17(18,19)20/h7-9,11H,3-6H2,1-2H3/i3D,11D. The van der Waals surface area contributed by atoms with Crippen LogP contribution in [0.3, 0.4) is 0 Å². The van der Waals surface area contributed by atoms with Crippen LogP contribution in [-0.2, 0) is 21.9 Å². The molecule has 10 heteroatoms. The van der Waals surface area contributed by atoms with Crippen molar-refractivity contribution in [1.29, 1.82) is 0 Å². The predicted molar refractivity (Wildman–Crippen MR) is 92.3 cm³/mol. The quantitative estimate of drug-likeness (QED) is 0.578. The molecule has 1 fully saturated rings. The molecule has 3 rings (SSSR count). The number of fused-ring (bicyclic) bond motifs is 1. The molecule has 0 N–H and O–H groups in total. The van der Waals surface area contributed by atoms with Gasteiger partial charge in [-0.25, -0.2) is 0 Å². The molecular weight excluding hydrogens is 387 g/mol. The third-order valence-corrected chi connectivity index (χ3v) is 5.27. The van der Waals surface area contributed by atoms with Gasteiger partial charge in [0.2, 0.25) is 0 Å². The largest absolute Gasteiger partial charge is 0.534 e. The van der Waals surface area contributed by atoms with Crippen LogP contribution in [0.15, 0.2) is 23.0 Å². The van der Waals surface area contributed by atoms with Gasteiger partial charge < -0.3 is 13.5 Å². The molecule has 0 amide bonds. The van der Waals surface area contributed by atoms with Gasteiger partial charge in [-0.05, 0) is 49.4 Å². The van der Waals surface area contributed by atoms with Crippen LogP contribution >= 0.6 is 0 Å². The molecule has 6 nitrogen and oxygen atoms in total. The minimum absolute atomic E-state index is 0.0293. The molecular formula is C17H18F3NO5S. The van der Waals surface area contributed by atoms with Crippen LogP contribution in [0.5, 0.6) is 5.75 Å². The third kappa shape index (κ3) is 3.68. The van der Waals surface area contributed by atoms with E-state index < -0.39 is 39.2 Å². The van der Waals surface area contributed by atoms with Gasteiger partial charge in [-0.2, -0.15) is 21.6 Å². The van der Waals surface area contributed by atoms with Gasteiger partial charge in [0, 0.05) is 34.0 Å². The summed E-state index contributed by atoms with van der Waals surface area (Å²) in [5.74, 6) is -2.23. The maximum atomic E-state index is 12.9. The highest BCUT2D eigenvalue weighted by molar-refractivity contribution is 7.88. The number of ether oxygens (including phenoxy) is 1. The van der Waals surface area contributed by atoms with E-state index in [9.17, 15) is 26.4 Å². The Morgan fingerprint density at radius 1 is 1.33 bits per heavy atom. The second-order valence-electron chi connectivity index (χ2n) is 6.14. The van der Waals surface area contributed by atoms with Crippen LogP contribution in [0.4, 0.5) is 13.2 Å². The second kappa shape index (κ2) is 6.83. The van der Waals surface area contributed by atoms with Gasteiger partial charge in [-0.1, -0.05) is 0 Å². The van der Waals surface area contributed by atoms with E-state index >= 15 is 0 Å². The highest BCUT2D eigenvalue weighted by Crippen LogP contribution is 2.37.